The Morgan fingerprint density at radius 2 is 1.78 bits per heavy atom. The zero-order valence-corrected chi connectivity index (χ0v) is 20.2. The Labute approximate surface area is 207 Å². The zero-order chi connectivity index (χ0) is 25.8. The van der Waals surface area contributed by atoms with Gasteiger partial charge in [0.25, 0.3) is 0 Å². The summed E-state index contributed by atoms with van der Waals surface area (Å²) in [6.07, 6.45) is 4.63. The van der Waals surface area contributed by atoms with Gasteiger partial charge in [0.15, 0.2) is 17.3 Å². The van der Waals surface area contributed by atoms with Gasteiger partial charge in [-0.2, -0.15) is 0 Å². The van der Waals surface area contributed by atoms with Crippen LogP contribution in [0.5, 0.6) is 28.7 Å². The average Bonchev–Trinajstić information content (AvgIpc) is 3.22. The Morgan fingerprint density at radius 3 is 2.42 bits per heavy atom. The number of aromatic hydroxyl groups is 1. The van der Waals surface area contributed by atoms with Crippen LogP contribution in [0, 0.1) is 0 Å². The Morgan fingerprint density at radius 1 is 1.06 bits per heavy atom. The number of carbonyl (C=O) groups excluding carboxylic acids is 2. The minimum Gasteiger partial charge on any atom is -0.508 e. The van der Waals surface area contributed by atoms with E-state index in [2.05, 4.69) is 4.98 Å². The molecule has 2 aromatic carbocycles. The summed E-state index contributed by atoms with van der Waals surface area (Å²) < 4.78 is 27.1. The number of allylic oxidation sites excluding steroid dienone is 1. The van der Waals surface area contributed by atoms with Gasteiger partial charge in [-0.15, -0.1) is 0 Å². The summed E-state index contributed by atoms with van der Waals surface area (Å²) in [5.74, 6) is -0.118. The second kappa shape index (κ2) is 10.4. The van der Waals surface area contributed by atoms with E-state index in [-0.39, 0.29) is 35.0 Å². The number of pyridine rings is 1. The van der Waals surface area contributed by atoms with Gasteiger partial charge in [-0.25, -0.2) is 0 Å². The van der Waals surface area contributed by atoms with Gasteiger partial charge in [-0.05, 0) is 35.9 Å². The maximum Gasteiger partial charge on any atom is 0.306 e. The number of hydrogen-bond donors (Lipinski definition) is 1. The zero-order valence-electron chi connectivity index (χ0n) is 20.2. The van der Waals surface area contributed by atoms with Crippen molar-refractivity contribution in [3.63, 3.8) is 0 Å². The molecule has 0 saturated carbocycles. The van der Waals surface area contributed by atoms with Crippen molar-refractivity contribution >= 4 is 17.8 Å². The fraction of sp³-hybridized carbons (Fsp3) is 0.222. The Bertz CT molecular complexity index is 1330. The third-order valence-electron chi connectivity index (χ3n) is 5.91. The molecular formula is C27H25NO8. The molecule has 0 radical (unpaired) electrons. The molecular weight excluding hydrogens is 466 g/mol. The van der Waals surface area contributed by atoms with Gasteiger partial charge < -0.3 is 28.8 Å². The first-order chi connectivity index (χ1) is 17.4. The highest BCUT2D eigenvalue weighted by atomic mass is 16.5. The number of nitrogens with zero attached hydrogens (tertiary/aromatic N) is 1. The van der Waals surface area contributed by atoms with Crippen LogP contribution in [0.3, 0.4) is 0 Å². The van der Waals surface area contributed by atoms with Crippen LogP contribution in [-0.4, -0.2) is 50.3 Å². The van der Waals surface area contributed by atoms with E-state index in [9.17, 15) is 14.7 Å². The monoisotopic (exact) mass is 491 g/mol. The fourth-order valence-corrected chi connectivity index (χ4v) is 4.12. The van der Waals surface area contributed by atoms with E-state index in [0.717, 1.165) is 0 Å². The van der Waals surface area contributed by atoms with Gasteiger partial charge in [0.05, 0.1) is 40.4 Å². The van der Waals surface area contributed by atoms with Crippen molar-refractivity contribution in [1.82, 2.24) is 4.98 Å². The molecule has 0 fully saturated rings. The predicted molar refractivity (Wildman–Crippen MR) is 130 cm³/mol. The molecule has 0 saturated heterocycles. The molecule has 1 aliphatic rings. The molecule has 0 aliphatic carbocycles. The lowest BCUT2D eigenvalue weighted by molar-refractivity contribution is -0.140. The summed E-state index contributed by atoms with van der Waals surface area (Å²) in [4.78, 5) is 29.7. The topological polar surface area (TPSA) is 113 Å². The van der Waals surface area contributed by atoms with Crippen molar-refractivity contribution in [3.05, 3.63) is 76.8 Å². The van der Waals surface area contributed by atoms with Crippen molar-refractivity contribution in [2.24, 2.45) is 0 Å². The molecule has 0 bridgehead atoms. The van der Waals surface area contributed by atoms with E-state index in [1.54, 1.807) is 36.7 Å². The van der Waals surface area contributed by atoms with Crippen LogP contribution in [0.25, 0.3) is 6.08 Å². The number of ether oxygens (including phenoxy) is 5. The van der Waals surface area contributed by atoms with Crippen LogP contribution in [-0.2, 0) is 9.53 Å². The summed E-state index contributed by atoms with van der Waals surface area (Å²) in [6.45, 7) is 0. The largest absolute Gasteiger partial charge is 0.508 e. The van der Waals surface area contributed by atoms with Crippen LogP contribution in [0.4, 0.5) is 0 Å². The quantitative estimate of drug-likeness (QED) is 0.367. The van der Waals surface area contributed by atoms with Crippen molar-refractivity contribution < 1.29 is 38.4 Å². The summed E-state index contributed by atoms with van der Waals surface area (Å²) in [6, 6.07) is 9.71. The number of aromatic nitrogens is 1. The Kier molecular flexibility index (Phi) is 7.10. The SMILES string of the molecule is COC(=O)CC(c1cccnc1)c1c(O)ccc2c1OC(=Cc1cc(OC)c(OC)cc1OC)C2=O. The van der Waals surface area contributed by atoms with E-state index in [4.69, 9.17) is 23.7 Å². The van der Waals surface area contributed by atoms with Crippen LogP contribution in [0.2, 0.25) is 0 Å². The van der Waals surface area contributed by atoms with E-state index in [1.807, 2.05) is 0 Å². The smallest absolute Gasteiger partial charge is 0.306 e. The number of rotatable bonds is 8. The number of Topliss-reactive ketones (excluding diaryl/α,β-unsaturated/α-hetero) is 1. The minimum absolute atomic E-state index is 0.0189. The summed E-state index contributed by atoms with van der Waals surface area (Å²) in [5, 5.41) is 10.8. The summed E-state index contributed by atoms with van der Waals surface area (Å²) in [7, 11) is 5.80. The van der Waals surface area contributed by atoms with Gasteiger partial charge in [0.2, 0.25) is 5.78 Å². The molecule has 1 aliphatic heterocycles. The van der Waals surface area contributed by atoms with Gasteiger partial charge in [0.1, 0.15) is 17.2 Å². The third kappa shape index (κ3) is 4.55. The first kappa shape index (κ1) is 24.6. The first-order valence-corrected chi connectivity index (χ1v) is 11.0. The normalized spacial score (nSPS) is 14.1. The van der Waals surface area contributed by atoms with Gasteiger partial charge in [0, 0.05) is 35.5 Å². The number of hydrogen-bond acceptors (Lipinski definition) is 9. The molecule has 1 N–H and O–H groups in total. The highest BCUT2D eigenvalue weighted by Crippen LogP contribution is 2.47. The van der Waals surface area contributed by atoms with E-state index in [0.29, 0.717) is 33.9 Å². The molecule has 1 atom stereocenters. The van der Waals surface area contributed by atoms with Gasteiger partial charge in [-0.3, -0.25) is 14.6 Å². The van der Waals surface area contributed by atoms with Crippen molar-refractivity contribution in [1.29, 1.82) is 0 Å². The molecule has 4 rings (SSSR count). The highest BCUT2D eigenvalue weighted by Gasteiger charge is 2.35. The molecule has 0 amide bonds. The maximum atomic E-state index is 13.3. The van der Waals surface area contributed by atoms with Crippen LogP contribution < -0.4 is 18.9 Å². The molecule has 9 nitrogen and oxygen atoms in total. The van der Waals surface area contributed by atoms with E-state index in [1.165, 1.54) is 46.6 Å². The Balaban J connectivity index is 1.82. The van der Waals surface area contributed by atoms with Gasteiger partial charge >= 0.3 is 5.97 Å². The number of ketones is 1. The average molecular weight is 491 g/mol. The first-order valence-electron chi connectivity index (χ1n) is 11.0. The lowest BCUT2D eigenvalue weighted by atomic mass is 9.87. The lowest BCUT2D eigenvalue weighted by Crippen LogP contribution is -2.11. The molecule has 1 aromatic heterocycles. The number of phenolic OH excluding ortho intramolecular Hbond substituents is 1. The molecule has 186 valence electrons. The standard InChI is InChI=1S/C27H25NO8/c1-32-20-13-22(34-3)21(33-2)10-16(20)11-23-26(31)17-7-8-19(29)25(27(17)36-23)18(12-24(30)35-4)15-6-5-9-28-14-15/h5-11,13-14,18,29H,12H2,1-4H3. The fourth-order valence-electron chi connectivity index (χ4n) is 4.12. The third-order valence-corrected chi connectivity index (χ3v) is 5.91. The second-order valence-corrected chi connectivity index (χ2v) is 7.88. The molecule has 1 unspecified atom stereocenters. The highest BCUT2D eigenvalue weighted by molar-refractivity contribution is 6.15. The van der Waals surface area contributed by atoms with Crippen molar-refractivity contribution in [3.8, 4) is 28.7 Å². The number of methoxy groups -OCH3 is 4. The number of carbonyl (C=O) groups is 2. The predicted octanol–water partition coefficient (Wildman–Crippen LogP) is 4.12. The molecule has 2 heterocycles. The van der Waals surface area contributed by atoms with E-state index < -0.39 is 11.9 Å². The number of phenols is 1. The number of esters is 1. The summed E-state index contributed by atoms with van der Waals surface area (Å²) >= 11 is 0. The van der Waals surface area contributed by atoms with Crippen molar-refractivity contribution in [2.75, 3.05) is 28.4 Å². The molecule has 9 heteroatoms. The van der Waals surface area contributed by atoms with E-state index >= 15 is 0 Å². The molecule has 0 spiro atoms. The van der Waals surface area contributed by atoms with Crippen LogP contribution >= 0.6 is 0 Å². The van der Waals surface area contributed by atoms with Crippen molar-refractivity contribution in [2.45, 2.75) is 12.3 Å². The lowest BCUT2D eigenvalue weighted by Gasteiger charge is -2.20. The summed E-state index contributed by atoms with van der Waals surface area (Å²) in [5.41, 5.74) is 1.73. The van der Waals surface area contributed by atoms with Crippen LogP contribution in [0.15, 0.2) is 54.6 Å². The minimum atomic E-state index is -0.663. The van der Waals surface area contributed by atoms with Gasteiger partial charge in [-0.1, -0.05) is 6.07 Å². The van der Waals surface area contributed by atoms with Crippen LogP contribution in [0.1, 0.15) is 39.4 Å². The number of fused-ring (bicyclic) bond motifs is 1. The second-order valence-electron chi connectivity index (χ2n) is 7.88. The Hall–Kier alpha value is -4.53. The molecule has 3 aromatic rings. The maximum absolute atomic E-state index is 13.3. The number of benzene rings is 2. The molecule has 36 heavy (non-hydrogen) atoms.